The van der Waals surface area contributed by atoms with Crippen LogP contribution in [-0.4, -0.2) is 99.0 Å². The number of rotatable bonds is 5. The zero-order valence-corrected chi connectivity index (χ0v) is 21.1. The van der Waals surface area contributed by atoms with Gasteiger partial charge in [0.2, 0.25) is 0 Å². The van der Waals surface area contributed by atoms with Gasteiger partial charge in [-0.15, -0.1) is 0 Å². The molecule has 2 fully saturated rings. The fourth-order valence-electron chi connectivity index (χ4n) is 4.13. The molecule has 16 heteroatoms. The SMILES string of the molecule is Cn1cc(C[C@H]2[C@H](N3CCOCC3)CCN2Cc2ccsc2)cn1.O=C(O)C(F)(F)F.O=C(O)C(F)(F)F. The van der Waals surface area contributed by atoms with E-state index in [-0.39, 0.29) is 0 Å². The van der Waals surface area contributed by atoms with Crippen LogP contribution in [-0.2, 0) is 34.3 Å². The van der Waals surface area contributed by atoms with Gasteiger partial charge in [0.05, 0.1) is 19.4 Å². The Hall–Kier alpha value is -2.69. The predicted octanol–water partition coefficient (Wildman–Crippen LogP) is 3.27. The number of carbonyl (C=O) groups is 2. The minimum Gasteiger partial charge on any atom is -0.475 e. The summed E-state index contributed by atoms with van der Waals surface area (Å²) >= 11 is 1.79. The first-order valence-electron chi connectivity index (χ1n) is 11.3. The molecule has 2 N–H and O–H groups in total. The topological polar surface area (TPSA) is 108 Å². The lowest BCUT2D eigenvalue weighted by Gasteiger charge is -2.37. The highest BCUT2D eigenvalue weighted by atomic mass is 32.1. The van der Waals surface area contributed by atoms with Crippen molar-refractivity contribution >= 4 is 23.3 Å². The van der Waals surface area contributed by atoms with Crippen LogP contribution in [0.1, 0.15) is 17.5 Å². The molecule has 9 nitrogen and oxygen atoms in total. The Bertz CT molecular complexity index is 985. The molecule has 0 radical (unpaired) electrons. The molecule has 0 aromatic carbocycles. The van der Waals surface area contributed by atoms with Crippen LogP contribution in [0.4, 0.5) is 26.3 Å². The molecular formula is C22H28F6N4O5S. The summed E-state index contributed by atoms with van der Waals surface area (Å²) in [6.07, 6.45) is -3.63. The second-order valence-corrected chi connectivity index (χ2v) is 9.29. The van der Waals surface area contributed by atoms with E-state index in [9.17, 15) is 26.3 Å². The number of hydrogen-bond donors (Lipinski definition) is 2. The van der Waals surface area contributed by atoms with Crippen LogP contribution in [0.25, 0.3) is 0 Å². The van der Waals surface area contributed by atoms with Crippen LogP contribution >= 0.6 is 11.3 Å². The largest absolute Gasteiger partial charge is 0.490 e. The molecule has 2 saturated heterocycles. The van der Waals surface area contributed by atoms with Gasteiger partial charge in [0, 0.05) is 51.5 Å². The lowest BCUT2D eigenvalue weighted by Crippen LogP contribution is -2.50. The van der Waals surface area contributed by atoms with E-state index in [0.717, 1.165) is 39.3 Å². The normalized spacial score (nSPS) is 20.7. The van der Waals surface area contributed by atoms with Crippen molar-refractivity contribution in [2.75, 3.05) is 32.8 Å². The lowest BCUT2D eigenvalue weighted by atomic mass is 10.00. The number of morpholine rings is 1. The summed E-state index contributed by atoms with van der Waals surface area (Å²) in [7, 11) is 2.00. The van der Waals surface area contributed by atoms with E-state index in [4.69, 9.17) is 24.5 Å². The van der Waals surface area contributed by atoms with E-state index in [0.29, 0.717) is 12.1 Å². The van der Waals surface area contributed by atoms with Crippen molar-refractivity contribution < 1.29 is 50.9 Å². The molecule has 4 rings (SSSR count). The van der Waals surface area contributed by atoms with Gasteiger partial charge >= 0.3 is 24.3 Å². The van der Waals surface area contributed by atoms with Crippen molar-refractivity contribution in [1.29, 1.82) is 0 Å². The third-order valence-electron chi connectivity index (χ3n) is 5.79. The molecule has 2 aromatic rings. The average Bonchev–Trinajstić information content (AvgIpc) is 3.57. The Labute approximate surface area is 218 Å². The molecule has 0 saturated carbocycles. The fourth-order valence-corrected chi connectivity index (χ4v) is 4.79. The summed E-state index contributed by atoms with van der Waals surface area (Å²) in [5.41, 5.74) is 2.79. The van der Waals surface area contributed by atoms with Gasteiger partial charge in [0.1, 0.15) is 0 Å². The van der Waals surface area contributed by atoms with E-state index in [1.54, 1.807) is 11.3 Å². The lowest BCUT2D eigenvalue weighted by molar-refractivity contribution is -0.193. The van der Waals surface area contributed by atoms with Crippen molar-refractivity contribution in [1.82, 2.24) is 19.6 Å². The maximum Gasteiger partial charge on any atom is 0.490 e. The summed E-state index contributed by atoms with van der Waals surface area (Å²) in [6, 6.07) is 3.45. The molecule has 2 atom stereocenters. The smallest absolute Gasteiger partial charge is 0.475 e. The Morgan fingerprint density at radius 1 is 1.05 bits per heavy atom. The molecule has 0 aliphatic carbocycles. The van der Waals surface area contributed by atoms with Crippen LogP contribution in [0, 0.1) is 0 Å². The zero-order chi connectivity index (χ0) is 28.5. The number of thiophene rings is 1. The number of likely N-dealkylation sites (tertiary alicyclic amines) is 1. The first kappa shape index (κ1) is 31.5. The molecule has 0 amide bonds. The number of aryl methyl sites for hydroxylation is 1. The molecule has 0 spiro atoms. The summed E-state index contributed by atoms with van der Waals surface area (Å²) in [6.45, 7) is 6.14. The standard InChI is InChI=1S/C18H26N4OS.2C2HF3O2/c1-20-12-16(11-19-20)10-18-17(21-5-7-23-8-6-21)2-4-22(18)13-15-3-9-24-14-15;2*3-2(4,5)1(6)7/h3,9,11-12,14,17-18H,2,4-8,10,13H2,1H3;2*(H,6,7)/t17-,18+;;/m1../s1. The third-order valence-corrected chi connectivity index (χ3v) is 6.53. The molecule has 2 aromatic heterocycles. The highest BCUT2D eigenvalue weighted by Gasteiger charge is 2.39. The molecule has 2 aliphatic heterocycles. The number of aromatic nitrogens is 2. The molecular weight excluding hydrogens is 546 g/mol. The second kappa shape index (κ2) is 13.9. The monoisotopic (exact) mass is 574 g/mol. The van der Waals surface area contributed by atoms with E-state index >= 15 is 0 Å². The van der Waals surface area contributed by atoms with Gasteiger partial charge in [-0.3, -0.25) is 14.5 Å². The summed E-state index contributed by atoms with van der Waals surface area (Å²) in [4.78, 5) is 23.1. The Balaban J connectivity index is 0.000000301. The third kappa shape index (κ3) is 10.2. The summed E-state index contributed by atoms with van der Waals surface area (Å²) < 4.78 is 70.9. The highest BCUT2D eigenvalue weighted by molar-refractivity contribution is 7.07. The predicted molar refractivity (Wildman–Crippen MR) is 124 cm³/mol. The first-order chi connectivity index (χ1) is 17.7. The van der Waals surface area contributed by atoms with E-state index in [1.165, 1.54) is 24.1 Å². The van der Waals surface area contributed by atoms with Crippen molar-refractivity contribution in [2.24, 2.45) is 7.05 Å². The van der Waals surface area contributed by atoms with Crippen LogP contribution in [0.2, 0.25) is 0 Å². The van der Waals surface area contributed by atoms with Gasteiger partial charge in [-0.05, 0) is 40.8 Å². The highest BCUT2D eigenvalue weighted by Crippen LogP contribution is 2.28. The average molecular weight is 575 g/mol. The van der Waals surface area contributed by atoms with Gasteiger partial charge in [-0.2, -0.15) is 42.8 Å². The van der Waals surface area contributed by atoms with E-state index in [1.807, 2.05) is 17.9 Å². The van der Waals surface area contributed by atoms with Crippen molar-refractivity contribution in [3.8, 4) is 0 Å². The minimum absolute atomic E-state index is 0.562. The van der Waals surface area contributed by atoms with Crippen LogP contribution < -0.4 is 0 Å². The number of ether oxygens (including phenoxy) is 1. The fraction of sp³-hybridized carbons (Fsp3) is 0.591. The van der Waals surface area contributed by atoms with Crippen LogP contribution in [0.15, 0.2) is 29.2 Å². The molecule has 0 unspecified atom stereocenters. The van der Waals surface area contributed by atoms with Crippen molar-refractivity contribution in [3.05, 3.63) is 40.3 Å². The maximum absolute atomic E-state index is 10.6. The van der Waals surface area contributed by atoms with E-state index < -0.39 is 24.3 Å². The summed E-state index contributed by atoms with van der Waals surface area (Å²) in [5.74, 6) is -5.51. The van der Waals surface area contributed by atoms with Crippen LogP contribution in [0.3, 0.4) is 0 Å². The van der Waals surface area contributed by atoms with Gasteiger partial charge in [0.15, 0.2) is 0 Å². The number of halogens is 6. The van der Waals surface area contributed by atoms with Crippen molar-refractivity contribution in [3.63, 3.8) is 0 Å². The van der Waals surface area contributed by atoms with E-state index in [2.05, 4.69) is 37.9 Å². The van der Waals surface area contributed by atoms with Gasteiger partial charge in [-0.25, -0.2) is 9.59 Å². The number of aliphatic carboxylic acids is 2. The van der Waals surface area contributed by atoms with Crippen molar-refractivity contribution in [2.45, 2.75) is 43.8 Å². The van der Waals surface area contributed by atoms with Crippen LogP contribution in [0.5, 0.6) is 0 Å². The Kier molecular flexibility index (Phi) is 11.5. The van der Waals surface area contributed by atoms with Gasteiger partial charge in [-0.1, -0.05) is 0 Å². The molecule has 2 aliphatic rings. The zero-order valence-electron chi connectivity index (χ0n) is 20.3. The molecule has 0 bridgehead atoms. The van der Waals surface area contributed by atoms with Gasteiger partial charge < -0.3 is 14.9 Å². The first-order valence-corrected chi connectivity index (χ1v) is 12.3. The molecule has 214 valence electrons. The second-order valence-electron chi connectivity index (χ2n) is 8.51. The number of alkyl halides is 6. The quantitative estimate of drug-likeness (QED) is 0.525. The minimum atomic E-state index is -5.08. The number of nitrogens with zero attached hydrogens (tertiary/aromatic N) is 4. The number of carboxylic acids is 2. The summed E-state index contributed by atoms with van der Waals surface area (Å²) in [5, 5.41) is 23.1. The molecule has 4 heterocycles. The Morgan fingerprint density at radius 2 is 1.63 bits per heavy atom. The Morgan fingerprint density at radius 3 is 2.08 bits per heavy atom. The van der Waals surface area contributed by atoms with Gasteiger partial charge in [0.25, 0.3) is 0 Å². The maximum atomic E-state index is 10.6. The number of hydrogen-bond acceptors (Lipinski definition) is 7. The molecule has 38 heavy (non-hydrogen) atoms. The number of carboxylic acid groups (broad SMARTS) is 2.